The predicted octanol–water partition coefficient (Wildman–Crippen LogP) is 20.2. The molecule has 0 aliphatic carbocycles. The topological polar surface area (TPSA) is 237 Å². The largest absolute Gasteiger partial charge is 0.472 e. The molecule has 534 valence electrons. The van der Waals surface area contributed by atoms with E-state index in [0.29, 0.717) is 31.6 Å². The zero-order valence-corrected chi connectivity index (χ0v) is 60.4. The Morgan fingerprint density at radius 2 is 0.511 bits per heavy atom. The lowest BCUT2D eigenvalue weighted by atomic mass is 10.0. The summed E-state index contributed by atoms with van der Waals surface area (Å²) in [6.07, 6.45) is 46.0. The minimum atomic E-state index is -4.95. The first-order valence-corrected chi connectivity index (χ1v) is 39.8. The lowest BCUT2D eigenvalue weighted by Gasteiger charge is -2.21. The summed E-state index contributed by atoms with van der Waals surface area (Å²) in [4.78, 5) is 72.5. The number of aliphatic hydroxyl groups is 1. The van der Waals surface area contributed by atoms with Gasteiger partial charge in [-0.25, -0.2) is 9.13 Å². The summed E-state index contributed by atoms with van der Waals surface area (Å²) in [5.41, 5.74) is 0. The molecule has 17 nitrogen and oxygen atoms in total. The van der Waals surface area contributed by atoms with Crippen LogP contribution in [0.15, 0.2) is 0 Å². The summed E-state index contributed by atoms with van der Waals surface area (Å²) in [5.74, 6) is 0.0281. The SMILES string of the molecule is CCCCCCCCCCCCCCCCCCCC(=O)O[C@H](COC(=O)CCCCCCCCCCCCC(C)C)COP(=O)(O)OC[C@@H](O)COP(=O)(O)OC[C@@H](COC(=O)CCCCCCCCC(C)C)OC(=O)CCCCCCCCCCC(C)C. The first-order valence-electron chi connectivity index (χ1n) is 36.8. The first-order chi connectivity index (χ1) is 43.2. The van der Waals surface area contributed by atoms with Gasteiger partial charge in [-0.15, -0.1) is 0 Å². The molecule has 0 aliphatic heterocycles. The van der Waals surface area contributed by atoms with Gasteiger partial charge in [0, 0.05) is 25.7 Å². The van der Waals surface area contributed by atoms with Crippen LogP contribution >= 0.6 is 15.6 Å². The van der Waals surface area contributed by atoms with Gasteiger partial charge in [0.15, 0.2) is 12.2 Å². The van der Waals surface area contributed by atoms with Crippen LogP contribution in [0.5, 0.6) is 0 Å². The van der Waals surface area contributed by atoms with Gasteiger partial charge >= 0.3 is 39.5 Å². The number of rotatable bonds is 69. The number of unbranched alkanes of at least 4 members (excludes halogenated alkanes) is 37. The molecule has 19 heteroatoms. The van der Waals surface area contributed by atoms with Crippen molar-refractivity contribution in [3.05, 3.63) is 0 Å². The molecule has 5 atom stereocenters. The molecule has 90 heavy (non-hydrogen) atoms. The summed E-state index contributed by atoms with van der Waals surface area (Å²) in [6, 6.07) is 0. The Hall–Kier alpha value is -1.94. The number of aliphatic hydroxyl groups excluding tert-OH is 1. The summed E-state index contributed by atoms with van der Waals surface area (Å²) in [7, 11) is -9.90. The maximum Gasteiger partial charge on any atom is 0.472 e. The Balaban J connectivity index is 5.23. The first kappa shape index (κ1) is 88.1. The van der Waals surface area contributed by atoms with E-state index in [2.05, 4.69) is 48.5 Å². The predicted molar refractivity (Wildman–Crippen MR) is 363 cm³/mol. The van der Waals surface area contributed by atoms with Crippen LogP contribution in [0.25, 0.3) is 0 Å². The van der Waals surface area contributed by atoms with Crippen LogP contribution in [-0.4, -0.2) is 96.7 Å². The van der Waals surface area contributed by atoms with E-state index in [0.717, 1.165) is 108 Å². The summed E-state index contributed by atoms with van der Waals surface area (Å²) in [6.45, 7) is 11.7. The molecule has 0 aliphatic rings. The van der Waals surface area contributed by atoms with E-state index >= 15 is 0 Å². The van der Waals surface area contributed by atoms with Crippen molar-refractivity contribution in [2.45, 2.75) is 375 Å². The highest BCUT2D eigenvalue weighted by atomic mass is 31.2. The van der Waals surface area contributed by atoms with E-state index < -0.39 is 97.5 Å². The molecule has 0 aromatic carbocycles. The minimum Gasteiger partial charge on any atom is -0.462 e. The van der Waals surface area contributed by atoms with E-state index in [9.17, 15) is 43.2 Å². The second-order valence-electron chi connectivity index (χ2n) is 27.1. The van der Waals surface area contributed by atoms with Gasteiger partial charge in [-0.1, -0.05) is 305 Å². The molecular weight excluding hydrogens is 1190 g/mol. The third-order valence-corrected chi connectivity index (χ3v) is 18.3. The smallest absolute Gasteiger partial charge is 0.462 e. The van der Waals surface area contributed by atoms with Gasteiger partial charge in [-0.05, 0) is 43.4 Å². The molecule has 0 heterocycles. The zero-order valence-electron chi connectivity index (χ0n) is 58.6. The molecule has 0 amide bonds. The maximum atomic E-state index is 13.0. The quantitative estimate of drug-likeness (QED) is 0.0222. The standard InChI is InChI=1S/C71H138O17P2/c1-8-9-10-11-12-13-14-15-16-17-18-19-20-25-31-40-47-54-70(75)87-66(58-81-68(73)52-45-38-30-24-22-21-23-28-35-42-49-62(2)3)60-85-89(77,78)83-56-65(72)57-84-90(79,80)86-61-67(59-82-69(74)53-46-39-34-33-37-44-51-64(6)7)88-71(76)55-48-41-32-27-26-29-36-43-50-63(4)5/h62-67,72H,8-61H2,1-7H3,(H,77,78)(H,79,80)/t65-,66-,67-/m1/s1. The molecule has 0 aromatic rings. The van der Waals surface area contributed by atoms with Crippen molar-refractivity contribution in [1.82, 2.24) is 0 Å². The number of carbonyl (C=O) groups is 4. The Labute approximate surface area is 549 Å². The number of carbonyl (C=O) groups excluding carboxylic acids is 4. The Kier molecular flexibility index (Phi) is 60.6. The summed E-state index contributed by atoms with van der Waals surface area (Å²) < 4.78 is 68.3. The third kappa shape index (κ3) is 64.8. The van der Waals surface area contributed by atoms with E-state index in [1.54, 1.807) is 0 Å². The second kappa shape index (κ2) is 61.9. The number of phosphoric acid groups is 2. The van der Waals surface area contributed by atoms with Gasteiger partial charge in [0.25, 0.3) is 0 Å². The molecule has 3 N–H and O–H groups in total. The Morgan fingerprint density at radius 1 is 0.300 bits per heavy atom. The summed E-state index contributed by atoms with van der Waals surface area (Å²) in [5, 5.41) is 10.6. The van der Waals surface area contributed by atoms with Crippen LogP contribution in [0.3, 0.4) is 0 Å². The van der Waals surface area contributed by atoms with Crippen LogP contribution < -0.4 is 0 Å². The molecular formula is C71H138O17P2. The van der Waals surface area contributed by atoms with Crippen LogP contribution in [0.4, 0.5) is 0 Å². The molecule has 0 aromatic heterocycles. The van der Waals surface area contributed by atoms with Gasteiger partial charge in [0.05, 0.1) is 26.4 Å². The van der Waals surface area contributed by atoms with E-state index in [-0.39, 0.29) is 25.7 Å². The van der Waals surface area contributed by atoms with Crippen molar-refractivity contribution >= 4 is 39.5 Å². The molecule has 2 unspecified atom stereocenters. The monoisotopic (exact) mass is 1320 g/mol. The molecule has 0 rings (SSSR count). The lowest BCUT2D eigenvalue weighted by Crippen LogP contribution is -2.30. The van der Waals surface area contributed by atoms with Gasteiger partial charge in [-0.3, -0.25) is 37.3 Å². The van der Waals surface area contributed by atoms with Crippen LogP contribution in [-0.2, 0) is 65.4 Å². The molecule has 0 saturated carbocycles. The third-order valence-electron chi connectivity index (χ3n) is 16.4. The zero-order chi connectivity index (χ0) is 66.6. The highest BCUT2D eigenvalue weighted by molar-refractivity contribution is 7.47. The van der Waals surface area contributed by atoms with Crippen LogP contribution in [0, 0.1) is 17.8 Å². The van der Waals surface area contributed by atoms with Crippen molar-refractivity contribution < 1.29 is 80.2 Å². The maximum absolute atomic E-state index is 13.0. The fourth-order valence-corrected chi connectivity index (χ4v) is 12.3. The van der Waals surface area contributed by atoms with Gasteiger partial charge in [0.2, 0.25) is 0 Å². The molecule has 0 saturated heterocycles. The van der Waals surface area contributed by atoms with E-state index in [1.807, 2.05) is 0 Å². The summed E-state index contributed by atoms with van der Waals surface area (Å²) >= 11 is 0. The second-order valence-corrected chi connectivity index (χ2v) is 30.0. The number of hydrogen-bond acceptors (Lipinski definition) is 15. The highest BCUT2D eigenvalue weighted by Gasteiger charge is 2.30. The average molecular weight is 1330 g/mol. The van der Waals surface area contributed by atoms with Crippen LogP contribution in [0.1, 0.15) is 357 Å². The highest BCUT2D eigenvalue weighted by Crippen LogP contribution is 2.45. The van der Waals surface area contributed by atoms with Crippen LogP contribution in [0.2, 0.25) is 0 Å². The molecule has 0 bridgehead atoms. The fourth-order valence-electron chi connectivity index (χ4n) is 10.7. The van der Waals surface area contributed by atoms with Crippen molar-refractivity contribution in [2.24, 2.45) is 17.8 Å². The normalized spacial score (nSPS) is 14.2. The number of hydrogen-bond donors (Lipinski definition) is 3. The molecule has 0 spiro atoms. The van der Waals surface area contributed by atoms with Crippen molar-refractivity contribution in [2.75, 3.05) is 39.6 Å². The minimum absolute atomic E-state index is 0.103. The average Bonchev–Trinajstić information content (AvgIpc) is 3.70. The van der Waals surface area contributed by atoms with Gasteiger partial charge in [0.1, 0.15) is 19.3 Å². The molecule has 0 radical (unpaired) electrons. The van der Waals surface area contributed by atoms with E-state index in [1.165, 1.54) is 161 Å². The van der Waals surface area contributed by atoms with Gasteiger partial charge in [-0.2, -0.15) is 0 Å². The Bertz CT molecular complexity index is 1770. The van der Waals surface area contributed by atoms with Gasteiger partial charge < -0.3 is 33.8 Å². The number of esters is 4. The van der Waals surface area contributed by atoms with Crippen molar-refractivity contribution in [1.29, 1.82) is 0 Å². The molecule has 0 fully saturated rings. The Morgan fingerprint density at radius 3 is 0.756 bits per heavy atom. The lowest BCUT2D eigenvalue weighted by molar-refractivity contribution is -0.161. The fraction of sp³-hybridized carbons (Fsp3) is 0.944. The number of ether oxygens (including phenoxy) is 4. The van der Waals surface area contributed by atoms with E-state index in [4.69, 9.17) is 37.0 Å². The van der Waals surface area contributed by atoms with Crippen molar-refractivity contribution in [3.63, 3.8) is 0 Å². The number of phosphoric ester groups is 2. The van der Waals surface area contributed by atoms with Crippen molar-refractivity contribution in [3.8, 4) is 0 Å².